The molecule has 0 aromatic heterocycles. The molecule has 0 unspecified atom stereocenters. The molecule has 5 rings (SSSR count). The summed E-state index contributed by atoms with van der Waals surface area (Å²) in [4.78, 5) is 0. The SMILES string of the molecule is CCCCCC1CCC(C2CCC(C(F)(F)Oc3ccc(-c4ccc(-c5ccc(C(F)(F)F)c(F)c5)c(F)c4)cc3)CC2)CC1. The standard InChI is InChI=1S/C37H41F7O/c1-2-3-4-5-24-6-8-25(9-7-24)26-10-16-30(17-11-26)37(43,44)45-31-18-12-27(13-19-31)28-14-20-32(34(38)22-28)29-15-21-33(35(39)23-29)36(40,41)42/h12-15,18-26,30H,2-11,16-17H2,1H3. The Balaban J connectivity index is 1.14. The lowest BCUT2D eigenvalue weighted by Gasteiger charge is -2.39. The van der Waals surface area contributed by atoms with Gasteiger partial charge < -0.3 is 4.74 Å². The second-order valence-corrected chi connectivity index (χ2v) is 13.0. The molecule has 0 saturated heterocycles. The fourth-order valence-electron chi connectivity index (χ4n) is 7.36. The van der Waals surface area contributed by atoms with Crippen LogP contribution in [-0.2, 0) is 6.18 Å². The third kappa shape index (κ3) is 8.23. The van der Waals surface area contributed by atoms with Crippen LogP contribution >= 0.6 is 0 Å². The van der Waals surface area contributed by atoms with Crippen LogP contribution in [0.25, 0.3) is 22.3 Å². The van der Waals surface area contributed by atoms with E-state index in [4.69, 9.17) is 4.74 Å². The van der Waals surface area contributed by atoms with Crippen LogP contribution in [0.1, 0.15) is 89.5 Å². The molecule has 2 saturated carbocycles. The van der Waals surface area contributed by atoms with Crippen molar-refractivity contribution >= 4 is 0 Å². The van der Waals surface area contributed by atoms with Crippen molar-refractivity contribution in [3.05, 3.63) is 77.9 Å². The van der Waals surface area contributed by atoms with Crippen LogP contribution in [0.5, 0.6) is 5.75 Å². The molecule has 3 aromatic rings. The van der Waals surface area contributed by atoms with Crippen molar-refractivity contribution in [2.24, 2.45) is 23.7 Å². The maximum absolute atomic E-state index is 15.2. The molecule has 0 N–H and O–H groups in total. The molecule has 3 aromatic carbocycles. The molecule has 1 nitrogen and oxygen atoms in total. The summed E-state index contributed by atoms with van der Waals surface area (Å²) in [7, 11) is 0. The van der Waals surface area contributed by atoms with Gasteiger partial charge in [-0.2, -0.15) is 22.0 Å². The number of halogens is 7. The van der Waals surface area contributed by atoms with Gasteiger partial charge in [-0.05, 0) is 103 Å². The van der Waals surface area contributed by atoms with Crippen LogP contribution in [0, 0.1) is 35.3 Å². The summed E-state index contributed by atoms with van der Waals surface area (Å²) >= 11 is 0. The Kier molecular flexibility index (Phi) is 10.5. The van der Waals surface area contributed by atoms with Crippen LogP contribution in [0.2, 0.25) is 0 Å². The van der Waals surface area contributed by atoms with Crippen LogP contribution in [0.15, 0.2) is 60.7 Å². The van der Waals surface area contributed by atoms with E-state index in [1.807, 2.05) is 0 Å². The molecule has 0 amide bonds. The van der Waals surface area contributed by atoms with E-state index in [-0.39, 0.29) is 16.9 Å². The zero-order valence-electron chi connectivity index (χ0n) is 25.6. The molecule has 0 aliphatic heterocycles. The van der Waals surface area contributed by atoms with E-state index in [9.17, 15) is 22.0 Å². The number of unbranched alkanes of at least 4 members (excludes halogenated alkanes) is 2. The van der Waals surface area contributed by atoms with E-state index in [1.165, 1.54) is 81.7 Å². The first-order chi connectivity index (χ1) is 21.4. The lowest BCUT2D eigenvalue weighted by Crippen LogP contribution is -2.38. The predicted octanol–water partition coefficient (Wildman–Crippen LogP) is 12.5. The Labute approximate surface area is 261 Å². The lowest BCUT2D eigenvalue weighted by molar-refractivity contribution is -0.224. The average Bonchev–Trinajstić information content (AvgIpc) is 3.01. The quantitative estimate of drug-likeness (QED) is 0.159. The number of hydrogen-bond acceptors (Lipinski definition) is 1. The molecule has 0 spiro atoms. The third-order valence-electron chi connectivity index (χ3n) is 10.0. The Morgan fingerprint density at radius 3 is 1.80 bits per heavy atom. The molecule has 0 bridgehead atoms. The summed E-state index contributed by atoms with van der Waals surface area (Å²) in [6.07, 6.45) is 4.58. The fraction of sp³-hybridized carbons (Fsp3) is 0.514. The van der Waals surface area contributed by atoms with Gasteiger partial charge in [-0.1, -0.05) is 75.8 Å². The van der Waals surface area contributed by atoms with E-state index in [1.54, 1.807) is 12.1 Å². The maximum atomic E-state index is 15.2. The number of hydrogen-bond donors (Lipinski definition) is 0. The van der Waals surface area contributed by atoms with Gasteiger partial charge in [-0.3, -0.25) is 0 Å². The fourth-order valence-corrected chi connectivity index (χ4v) is 7.36. The molecule has 0 radical (unpaired) electrons. The second kappa shape index (κ2) is 14.2. The zero-order valence-corrected chi connectivity index (χ0v) is 25.6. The van der Waals surface area contributed by atoms with Crippen molar-refractivity contribution in [3.8, 4) is 28.0 Å². The van der Waals surface area contributed by atoms with E-state index in [0.717, 1.165) is 24.8 Å². The van der Waals surface area contributed by atoms with Gasteiger partial charge >= 0.3 is 12.3 Å². The molecular weight excluding hydrogens is 593 g/mol. The van der Waals surface area contributed by atoms with Gasteiger partial charge in [0.2, 0.25) is 0 Å². The second-order valence-electron chi connectivity index (χ2n) is 13.0. The normalized spacial score (nSPS) is 22.8. The van der Waals surface area contributed by atoms with Crippen molar-refractivity contribution in [1.82, 2.24) is 0 Å². The minimum atomic E-state index is -4.85. The number of benzene rings is 3. The van der Waals surface area contributed by atoms with Gasteiger partial charge in [0.25, 0.3) is 0 Å². The monoisotopic (exact) mass is 634 g/mol. The van der Waals surface area contributed by atoms with Crippen LogP contribution in [0.3, 0.4) is 0 Å². The lowest BCUT2D eigenvalue weighted by atomic mass is 9.68. The topological polar surface area (TPSA) is 9.23 Å². The van der Waals surface area contributed by atoms with Crippen LogP contribution < -0.4 is 4.74 Å². The van der Waals surface area contributed by atoms with E-state index in [0.29, 0.717) is 47.9 Å². The van der Waals surface area contributed by atoms with E-state index >= 15 is 8.78 Å². The Bertz CT molecular complexity index is 1400. The minimum Gasteiger partial charge on any atom is -0.432 e. The van der Waals surface area contributed by atoms with Gasteiger partial charge in [-0.25, -0.2) is 8.78 Å². The average molecular weight is 635 g/mol. The number of ether oxygens (including phenoxy) is 1. The summed E-state index contributed by atoms with van der Waals surface area (Å²) < 4.78 is 103. The van der Waals surface area contributed by atoms with E-state index in [2.05, 4.69) is 6.92 Å². The molecule has 0 atom stereocenters. The van der Waals surface area contributed by atoms with E-state index < -0.39 is 35.4 Å². The minimum absolute atomic E-state index is 0.0181. The molecule has 45 heavy (non-hydrogen) atoms. The molecule has 2 aliphatic carbocycles. The van der Waals surface area contributed by atoms with Crippen LogP contribution in [0.4, 0.5) is 30.7 Å². The van der Waals surface area contributed by atoms with Gasteiger partial charge in [0.15, 0.2) is 0 Å². The van der Waals surface area contributed by atoms with Gasteiger partial charge in [-0.15, -0.1) is 0 Å². The summed E-state index contributed by atoms with van der Waals surface area (Å²) in [5.41, 5.74) is -0.550. The van der Waals surface area contributed by atoms with Crippen molar-refractivity contribution in [2.45, 2.75) is 96.3 Å². The van der Waals surface area contributed by atoms with Crippen molar-refractivity contribution in [1.29, 1.82) is 0 Å². The van der Waals surface area contributed by atoms with Gasteiger partial charge in [0.1, 0.15) is 17.4 Å². The highest BCUT2D eigenvalue weighted by molar-refractivity contribution is 5.71. The number of alkyl halides is 5. The van der Waals surface area contributed by atoms with Gasteiger partial charge in [0, 0.05) is 5.56 Å². The highest BCUT2D eigenvalue weighted by atomic mass is 19.4. The molecule has 8 heteroatoms. The largest absolute Gasteiger partial charge is 0.432 e. The molecular formula is C37H41F7O. The zero-order chi connectivity index (χ0) is 32.2. The van der Waals surface area contributed by atoms with Crippen molar-refractivity contribution < 1.29 is 35.5 Å². The van der Waals surface area contributed by atoms with Gasteiger partial charge in [0.05, 0.1) is 11.5 Å². The molecule has 2 fully saturated rings. The summed E-state index contributed by atoms with van der Waals surface area (Å²) in [5.74, 6) is -1.04. The van der Waals surface area contributed by atoms with Crippen LogP contribution in [-0.4, -0.2) is 6.11 Å². The highest BCUT2D eigenvalue weighted by Crippen LogP contribution is 2.46. The van der Waals surface area contributed by atoms with Crippen molar-refractivity contribution in [3.63, 3.8) is 0 Å². The first kappa shape index (κ1) is 33.3. The molecule has 2 aliphatic rings. The maximum Gasteiger partial charge on any atom is 0.419 e. The smallest absolute Gasteiger partial charge is 0.419 e. The first-order valence-electron chi connectivity index (χ1n) is 16.3. The Morgan fingerprint density at radius 2 is 1.22 bits per heavy atom. The number of rotatable bonds is 10. The Morgan fingerprint density at radius 1 is 0.644 bits per heavy atom. The summed E-state index contributed by atoms with van der Waals surface area (Å²) in [5, 5.41) is 0. The summed E-state index contributed by atoms with van der Waals surface area (Å²) in [6, 6.07) is 12.3. The van der Waals surface area contributed by atoms with Crippen molar-refractivity contribution in [2.75, 3.05) is 0 Å². The first-order valence-corrected chi connectivity index (χ1v) is 16.3. The third-order valence-corrected chi connectivity index (χ3v) is 10.0. The predicted molar refractivity (Wildman–Crippen MR) is 163 cm³/mol. The molecule has 244 valence electrons. The molecule has 0 heterocycles. The summed E-state index contributed by atoms with van der Waals surface area (Å²) in [6.45, 7) is 2.23. The highest BCUT2D eigenvalue weighted by Gasteiger charge is 2.45. The Hall–Kier alpha value is -3.03.